The Hall–Kier alpha value is -3.37. The number of nitrogens with zero attached hydrogens (tertiary/aromatic N) is 4. The third kappa shape index (κ3) is 5.10. The predicted octanol–water partition coefficient (Wildman–Crippen LogP) is 5.62. The minimum atomic E-state index is -0.629. The second-order valence-electron chi connectivity index (χ2n) is 9.41. The molecule has 1 aliphatic heterocycles. The van der Waals surface area contributed by atoms with Gasteiger partial charge in [0.2, 0.25) is 0 Å². The van der Waals surface area contributed by atoms with E-state index in [-0.39, 0.29) is 11.6 Å². The smallest absolute Gasteiger partial charge is 0.358 e. The number of anilines is 2. The molecule has 0 bridgehead atoms. The minimum absolute atomic E-state index is 0.216. The molecule has 1 aliphatic rings. The van der Waals surface area contributed by atoms with Gasteiger partial charge in [0.25, 0.3) is 5.91 Å². The number of ether oxygens (including phenoxy) is 1. The van der Waals surface area contributed by atoms with Crippen LogP contribution in [0.15, 0.2) is 53.1 Å². The third-order valence-electron chi connectivity index (χ3n) is 5.63. The van der Waals surface area contributed by atoms with Crippen molar-refractivity contribution in [2.75, 3.05) is 16.8 Å². The number of carbonyl (C=O) groups excluding carboxylic acids is 2. The Morgan fingerprint density at radius 1 is 1.08 bits per heavy atom. The van der Waals surface area contributed by atoms with Crippen molar-refractivity contribution < 1.29 is 14.3 Å². The number of halogens is 1. The number of aromatic nitrogens is 3. The molecular weight excluding hydrogens is 542 g/mol. The van der Waals surface area contributed by atoms with Gasteiger partial charge in [0.15, 0.2) is 10.8 Å². The van der Waals surface area contributed by atoms with Crippen LogP contribution in [-0.2, 0) is 17.7 Å². The number of hydrogen-bond acceptors (Lipinski definition) is 8. The van der Waals surface area contributed by atoms with Crippen LogP contribution in [0.5, 0.6) is 0 Å². The number of amides is 1. The summed E-state index contributed by atoms with van der Waals surface area (Å²) in [5.41, 5.74) is 2.70. The molecular formula is C26H24BrN5O3S. The zero-order valence-corrected chi connectivity index (χ0v) is 22.4. The lowest BCUT2D eigenvalue weighted by atomic mass is 9.98. The van der Waals surface area contributed by atoms with Crippen LogP contribution in [0.25, 0.3) is 10.2 Å². The van der Waals surface area contributed by atoms with Crippen LogP contribution in [0.1, 0.15) is 52.9 Å². The van der Waals surface area contributed by atoms with E-state index in [1.807, 2.05) is 62.1 Å². The second-order valence-corrected chi connectivity index (χ2v) is 11.3. The molecule has 4 aromatic rings. The SMILES string of the molecule is CC(C)(C)OC(=O)c1nc(N2CCc3ccnc(C(=O)Nc4nc5ccccc5s4)c3C2)ccc1Br. The highest BCUT2D eigenvalue weighted by molar-refractivity contribution is 9.10. The van der Waals surface area contributed by atoms with Crippen molar-refractivity contribution >= 4 is 60.3 Å². The lowest BCUT2D eigenvalue weighted by Gasteiger charge is -2.31. The first-order valence-corrected chi connectivity index (χ1v) is 13.1. The number of para-hydroxylation sites is 1. The van der Waals surface area contributed by atoms with Crippen LogP contribution in [0.3, 0.4) is 0 Å². The number of nitrogens with one attached hydrogen (secondary N) is 1. The second kappa shape index (κ2) is 9.59. The zero-order chi connectivity index (χ0) is 25.4. The van der Waals surface area contributed by atoms with Gasteiger partial charge in [0, 0.05) is 24.8 Å². The Kier molecular flexibility index (Phi) is 6.48. The highest BCUT2D eigenvalue weighted by atomic mass is 79.9. The van der Waals surface area contributed by atoms with Gasteiger partial charge in [-0.1, -0.05) is 23.5 Å². The van der Waals surface area contributed by atoms with Gasteiger partial charge in [0.05, 0.1) is 14.7 Å². The number of esters is 1. The molecule has 10 heteroatoms. The molecule has 0 aliphatic carbocycles. The van der Waals surface area contributed by atoms with Crippen molar-refractivity contribution in [1.29, 1.82) is 0 Å². The number of fused-ring (bicyclic) bond motifs is 2. The Balaban J connectivity index is 1.40. The van der Waals surface area contributed by atoms with Crippen LogP contribution < -0.4 is 10.2 Å². The predicted molar refractivity (Wildman–Crippen MR) is 144 cm³/mol. The van der Waals surface area contributed by atoms with Gasteiger partial charge >= 0.3 is 5.97 Å². The normalized spacial score (nSPS) is 13.4. The highest BCUT2D eigenvalue weighted by Gasteiger charge is 2.27. The molecule has 4 heterocycles. The number of thiazole rings is 1. The molecule has 1 aromatic carbocycles. The first-order chi connectivity index (χ1) is 17.2. The van der Waals surface area contributed by atoms with Gasteiger partial charge in [-0.15, -0.1) is 0 Å². The summed E-state index contributed by atoms with van der Waals surface area (Å²) >= 11 is 4.84. The Bertz CT molecular complexity index is 1450. The number of hydrogen-bond donors (Lipinski definition) is 1. The molecule has 1 amide bonds. The van der Waals surface area contributed by atoms with Crippen molar-refractivity contribution in [3.8, 4) is 0 Å². The van der Waals surface area contributed by atoms with Crippen LogP contribution >= 0.6 is 27.3 Å². The average molecular weight is 566 g/mol. The molecule has 184 valence electrons. The molecule has 0 unspecified atom stereocenters. The number of carbonyl (C=O) groups is 2. The molecule has 0 fully saturated rings. The summed E-state index contributed by atoms with van der Waals surface area (Å²) in [6.07, 6.45) is 2.39. The number of rotatable bonds is 4. The summed E-state index contributed by atoms with van der Waals surface area (Å²) < 4.78 is 7.08. The number of pyridine rings is 2. The minimum Gasteiger partial charge on any atom is -0.455 e. The molecule has 0 saturated heterocycles. The molecule has 0 saturated carbocycles. The van der Waals surface area contributed by atoms with E-state index in [1.54, 1.807) is 12.3 Å². The Morgan fingerprint density at radius 3 is 2.67 bits per heavy atom. The third-order valence-corrected chi connectivity index (χ3v) is 7.22. The summed E-state index contributed by atoms with van der Waals surface area (Å²) in [5, 5.41) is 3.44. The molecule has 1 N–H and O–H groups in total. The van der Waals surface area contributed by atoms with Crippen LogP contribution in [0.4, 0.5) is 10.9 Å². The van der Waals surface area contributed by atoms with Crippen LogP contribution in [0.2, 0.25) is 0 Å². The average Bonchev–Trinajstić information content (AvgIpc) is 3.24. The quantitative estimate of drug-likeness (QED) is 0.321. The standard InChI is InChI=1S/C26H24BrN5O3S/c1-26(2,3)35-24(34)22-17(27)8-9-20(30-22)32-13-11-15-10-12-28-21(16(15)14-32)23(33)31-25-29-18-6-4-5-7-19(18)36-25/h4-10,12H,11,13-14H2,1-3H3,(H,29,31,33). The van der Waals surface area contributed by atoms with E-state index in [2.05, 4.69) is 36.2 Å². The molecule has 0 atom stereocenters. The van der Waals surface area contributed by atoms with Crippen molar-refractivity contribution in [3.05, 3.63) is 75.6 Å². The maximum Gasteiger partial charge on any atom is 0.358 e. The van der Waals surface area contributed by atoms with E-state index >= 15 is 0 Å². The maximum atomic E-state index is 13.2. The van der Waals surface area contributed by atoms with Gasteiger partial charge in [-0.3, -0.25) is 15.1 Å². The van der Waals surface area contributed by atoms with Crippen molar-refractivity contribution in [2.45, 2.75) is 39.3 Å². The van der Waals surface area contributed by atoms with E-state index < -0.39 is 11.6 Å². The molecule has 5 rings (SSSR count). The van der Waals surface area contributed by atoms with E-state index in [0.717, 1.165) is 27.8 Å². The van der Waals surface area contributed by atoms with Gasteiger partial charge in [-0.2, -0.15) is 0 Å². The van der Waals surface area contributed by atoms with Crippen LogP contribution in [-0.4, -0.2) is 39.0 Å². The largest absolute Gasteiger partial charge is 0.455 e. The molecule has 8 nitrogen and oxygen atoms in total. The fraction of sp³-hybridized carbons (Fsp3) is 0.269. The summed E-state index contributed by atoms with van der Waals surface area (Å²) in [7, 11) is 0. The highest BCUT2D eigenvalue weighted by Crippen LogP contribution is 2.29. The summed E-state index contributed by atoms with van der Waals surface area (Å²) in [5.74, 6) is -0.164. The lowest BCUT2D eigenvalue weighted by Crippen LogP contribution is -2.34. The summed E-state index contributed by atoms with van der Waals surface area (Å²) in [4.78, 5) is 41.5. The monoisotopic (exact) mass is 565 g/mol. The Morgan fingerprint density at radius 2 is 1.89 bits per heavy atom. The van der Waals surface area contributed by atoms with Crippen molar-refractivity contribution in [2.24, 2.45) is 0 Å². The first kappa shape index (κ1) is 24.3. The zero-order valence-electron chi connectivity index (χ0n) is 20.0. The van der Waals surface area contributed by atoms with Crippen LogP contribution in [0, 0.1) is 0 Å². The fourth-order valence-electron chi connectivity index (χ4n) is 4.02. The van der Waals surface area contributed by atoms with Gasteiger partial charge < -0.3 is 9.64 Å². The fourth-order valence-corrected chi connectivity index (χ4v) is 5.26. The molecule has 0 radical (unpaired) electrons. The molecule has 36 heavy (non-hydrogen) atoms. The summed E-state index contributed by atoms with van der Waals surface area (Å²) in [6.45, 7) is 6.58. The number of benzene rings is 1. The molecule has 0 spiro atoms. The van der Waals surface area contributed by atoms with E-state index in [4.69, 9.17) is 4.74 Å². The van der Waals surface area contributed by atoms with E-state index in [0.29, 0.717) is 34.2 Å². The van der Waals surface area contributed by atoms with Gasteiger partial charge in [0.1, 0.15) is 17.1 Å². The van der Waals surface area contributed by atoms with Crippen molar-refractivity contribution in [1.82, 2.24) is 15.0 Å². The lowest BCUT2D eigenvalue weighted by molar-refractivity contribution is 0.00617. The van der Waals surface area contributed by atoms with Gasteiger partial charge in [-0.05, 0) is 79.0 Å². The van der Waals surface area contributed by atoms with E-state index in [1.165, 1.54) is 11.3 Å². The maximum absolute atomic E-state index is 13.2. The van der Waals surface area contributed by atoms with Crippen molar-refractivity contribution in [3.63, 3.8) is 0 Å². The molecule has 3 aromatic heterocycles. The first-order valence-electron chi connectivity index (χ1n) is 11.5. The van der Waals surface area contributed by atoms with E-state index in [9.17, 15) is 9.59 Å². The summed E-state index contributed by atoms with van der Waals surface area (Å²) in [6, 6.07) is 13.3. The van der Waals surface area contributed by atoms with Gasteiger partial charge in [-0.25, -0.2) is 14.8 Å². The Labute approximate surface area is 220 Å². The topological polar surface area (TPSA) is 97.3 Å².